The Balaban J connectivity index is 1.95. The van der Waals surface area contributed by atoms with Gasteiger partial charge in [-0.2, -0.15) is 4.98 Å². The van der Waals surface area contributed by atoms with Crippen LogP contribution in [0, 0.1) is 5.82 Å². The topological polar surface area (TPSA) is 76.2 Å². The summed E-state index contributed by atoms with van der Waals surface area (Å²) in [7, 11) is 0. The van der Waals surface area contributed by atoms with E-state index >= 15 is 0 Å². The molecule has 2 aromatic rings. The van der Waals surface area contributed by atoms with E-state index in [1.54, 1.807) is 12.1 Å². The SMILES string of the molecule is CC(CC(=O)O)SCc1nc(-c2ccc(F)cc2)no1. The molecule has 0 aliphatic carbocycles. The van der Waals surface area contributed by atoms with Crippen LogP contribution < -0.4 is 0 Å². The predicted molar refractivity (Wildman–Crippen MR) is 72.7 cm³/mol. The minimum absolute atomic E-state index is 0.0336. The predicted octanol–water partition coefficient (Wildman–Crippen LogP) is 2.97. The van der Waals surface area contributed by atoms with Gasteiger partial charge in [-0.05, 0) is 24.3 Å². The second-order valence-electron chi connectivity index (χ2n) is 4.24. The van der Waals surface area contributed by atoms with Gasteiger partial charge in [-0.15, -0.1) is 11.8 Å². The Kier molecular flexibility index (Phi) is 4.73. The third-order valence-electron chi connectivity index (χ3n) is 2.52. The summed E-state index contributed by atoms with van der Waals surface area (Å²) in [6.07, 6.45) is 0.0869. The van der Waals surface area contributed by atoms with Gasteiger partial charge in [0.1, 0.15) is 5.82 Å². The largest absolute Gasteiger partial charge is 0.481 e. The molecule has 0 amide bonds. The lowest BCUT2D eigenvalue weighted by Crippen LogP contribution is -2.05. The van der Waals surface area contributed by atoms with Crippen molar-refractivity contribution in [2.75, 3.05) is 0 Å². The zero-order chi connectivity index (χ0) is 14.5. The lowest BCUT2D eigenvalue weighted by molar-refractivity contribution is -0.136. The maximum Gasteiger partial charge on any atom is 0.304 e. The minimum Gasteiger partial charge on any atom is -0.481 e. The molecule has 0 bridgehead atoms. The van der Waals surface area contributed by atoms with Crippen LogP contribution in [0.15, 0.2) is 28.8 Å². The van der Waals surface area contributed by atoms with Gasteiger partial charge >= 0.3 is 5.97 Å². The number of carboxylic acid groups (broad SMARTS) is 1. The molecule has 1 atom stereocenters. The maximum absolute atomic E-state index is 12.8. The Bertz CT molecular complexity index is 586. The van der Waals surface area contributed by atoms with Crippen molar-refractivity contribution in [3.8, 4) is 11.4 Å². The van der Waals surface area contributed by atoms with Crippen molar-refractivity contribution in [1.82, 2.24) is 10.1 Å². The van der Waals surface area contributed by atoms with Crippen LogP contribution in [0.25, 0.3) is 11.4 Å². The number of thioether (sulfide) groups is 1. The Labute approximate surface area is 119 Å². The molecule has 0 aliphatic rings. The average Bonchev–Trinajstić information content (AvgIpc) is 2.85. The summed E-state index contributed by atoms with van der Waals surface area (Å²) in [5, 5.41) is 12.4. The Morgan fingerprint density at radius 3 is 2.80 bits per heavy atom. The molecule has 5 nitrogen and oxygen atoms in total. The van der Waals surface area contributed by atoms with E-state index in [0.29, 0.717) is 23.0 Å². The summed E-state index contributed by atoms with van der Waals surface area (Å²) in [5.74, 6) is 0.110. The molecule has 7 heteroatoms. The van der Waals surface area contributed by atoms with Gasteiger partial charge in [0.2, 0.25) is 11.7 Å². The second kappa shape index (κ2) is 6.51. The summed E-state index contributed by atoms with van der Waals surface area (Å²) < 4.78 is 17.9. The summed E-state index contributed by atoms with van der Waals surface area (Å²) in [5.41, 5.74) is 0.671. The molecule has 0 aliphatic heterocycles. The first-order valence-corrected chi connectivity index (χ1v) is 7.01. The van der Waals surface area contributed by atoms with Crippen LogP contribution in [0.4, 0.5) is 4.39 Å². The highest BCUT2D eigenvalue weighted by atomic mass is 32.2. The number of nitrogens with zero attached hydrogens (tertiary/aromatic N) is 2. The van der Waals surface area contributed by atoms with Gasteiger partial charge in [-0.1, -0.05) is 12.1 Å². The normalized spacial score (nSPS) is 12.3. The number of aromatic nitrogens is 2. The number of hydrogen-bond donors (Lipinski definition) is 1. The molecule has 1 aromatic carbocycles. The molecule has 1 aromatic heterocycles. The second-order valence-corrected chi connectivity index (χ2v) is 5.66. The first-order chi connectivity index (χ1) is 9.54. The quantitative estimate of drug-likeness (QED) is 0.883. The van der Waals surface area contributed by atoms with Crippen LogP contribution in [0.3, 0.4) is 0 Å². The van der Waals surface area contributed by atoms with Crippen molar-refractivity contribution < 1.29 is 18.8 Å². The molecule has 0 radical (unpaired) electrons. The van der Waals surface area contributed by atoms with Crippen molar-refractivity contribution in [3.05, 3.63) is 36.0 Å². The van der Waals surface area contributed by atoms with Crippen LogP contribution in [0.5, 0.6) is 0 Å². The van der Waals surface area contributed by atoms with E-state index in [0.717, 1.165) is 0 Å². The van der Waals surface area contributed by atoms with E-state index in [2.05, 4.69) is 10.1 Å². The van der Waals surface area contributed by atoms with Crippen molar-refractivity contribution >= 4 is 17.7 Å². The molecular weight excluding hydrogens is 283 g/mol. The minimum atomic E-state index is -0.831. The van der Waals surface area contributed by atoms with Gasteiger partial charge in [0.05, 0.1) is 12.2 Å². The van der Waals surface area contributed by atoms with E-state index in [1.165, 1.54) is 23.9 Å². The standard InChI is InChI=1S/C13H13FN2O3S/c1-8(6-12(17)18)20-7-11-15-13(16-19-11)9-2-4-10(14)5-3-9/h2-5,8H,6-7H2,1H3,(H,17,18). The van der Waals surface area contributed by atoms with Crippen LogP contribution in [-0.4, -0.2) is 26.5 Å². The Morgan fingerprint density at radius 1 is 1.45 bits per heavy atom. The fourth-order valence-corrected chi connectivity index (χ4v) is 2.35. The molecule has 0 fully saturated rings. The Hall–Kier alpha value is -1.89. The fourth-order valence-electron chi connectivity index (χ4n) is 1.55. The van der Waals surface area contributed by atoms with Gasteiger partial charge in [0.15, 0.2) is 0 Å². The van der Waals surface area contributed by atoms with E-state index < -0.39 is 5.97 Å². The molecule has 106 valence electrons. The fraction of sp³-hybridized carbons (Fsp3) is 0.308. The van der Waals surface area contributed by atoms with Gasteiger partial charge < -0.3 is 9.63 Å². The molecule has 2 rings (SSSR count). The maximum atomic E-state index is 12.8. The summed E-state index contributed by atoms with van der Waals surface area (Å²) in [4.78, 5) is 14.7. The number of rotatable bonds is 6. The number of carbonyl (C=O) groups is 1. The average molecular weight is 296 g/mol. The molecule has 0 spiro atoms. The molecule has 1 heterocycles. The van der Waals surface area contributed by atoms with Gasteiger partial charge in [-0.25, -0.2) is 4.39 Å². The van der Waals surface area contributed by atoms with E-state index in [-0.39, 0.29) is 17.5 Å². The molecule has 20 heavy (non-hydrogen) atoms. The first kappa shape index (κ1) is 14.5. The number of aliphatic carboxylic acids is 1. The van der Waals surface area contributed by atoms with Crippen molar-refractivity contribution in [3.63, 3.8) is 0 Å². The summed E-state index contributed by atoms with van der Waals surface area (Å²) in [6, 6.07) is 5.80. The number of halogens is 1. The third kappa shape index (κ3) is 4.06. The van der Waals surface area contributed by atoms with Crippen molar-refractivity contribution in [2.24, 2.45) is 0 Å². The zero-order valence-electron chi connectivity index (χ0n) is 10.7. The smallest absolute Gasteiger partial charge is 0.304 e. The monoisotopic (exact) mass is 296 g/mol. The van der Waals surface area contributed by atoms with E-state index in [9.17, 15) is 9.18 Å². The molecular formula is C13H13FN2O3S. The Morgan fingerprint density at radius 2 is 2.15 bits per heavy atom. The van der Waals surface area contributed by atoms with Crippen LogP contribution in [-0.2, 0) is 10.5 Å². The summed E-state index contributed by atoms with van der Waals surface area (Å²) >= 11 is 1.43. The van der Waals surface area contributed by atoms with E-state index in [1.807, 2.05) is 6.92 Å². The molecule has 1 unspecified atom stereocenters. The molecule has 0 saturated carbocycles. The van der Waals surface area contributed by atoms with Crippen LogP contribution >= 0.6 is 11.8 Å². The first-order valence-electron chi connectivity index (χ1n) is 5.96. The zero-order valence-corrected chi connectivity index (χ0v) is 11.6. The number of benzene rings is 1. The third-order valence-corrected chi connectivity index (χ3v) is 3.67. The van der Waals surface area contributed by atoms with Crippen LogP contribution in [0.1, 0.15) is 19.2 Å². The van der Waals surface area contributed by atoms with Crippen molar-refractivity contribution in [1.29, 1.82) is 0 Å². The highest BCUT2D eigenvalue weighted by Crippen LogP contribution is 2.21. The van der Waals surface area contributed by atoms with Crippen LogP contribution in [0.2, 0.25) is 0 Å². The lowest BCUT2D eigenvalue weighted by Gasteiger charge is -2.04. The summed E-state index contributed by atoms with van der Waals surface area (Å²) in [6.45, 7) is 1.83. The molecule has 1 N–H and O–H groups in total. The highest BCUT2D eigenvalue weighted by molar-refractivity contribution is 7.99. The van der Waals surface area contributed by atoms with Gasteiger partial charge in [0.25, 0.3) is 0 Å². The van der Waals surface area contributed by atoms with Gasteiger partial charge in [0, 0.05) is 10.8 Å². The highest BCUT2D eigenvalue weighted by Gasteiger charge is 2.12. The molecule has 0 saturated heterocycles. The van der Waals surface area contributed by atoms with Gasteiger partial charge in [-0.3, -0.25) is 4.79 Å². The van der Waals surface area contributed by atoms with E-state index in [4.69, 9.17) is 9.63 Å². The van der Waals surface area contributed by atoms with Crippen molar-refractivity contribution in [2.45, 2.75) is 24.3 Å². The number of hydrogen-bond acceptors (Lipinski definition) is 5. The lowest BCUT2D eigenvalue weighted by atomic mass is 10.2. The number of carboxylic acids is 1.